The first-order chi connectivity index (χ1) is 3.41. The maximum Gasteiger partial charge on any atom is 0.128 e. The van der Waals surface area contributed by atoms with Gasteiger partial charge in [0, 0.05) is 6.21 Å². The molecule has 7 heavy (non-hydrogen) atoms. The first-order valence-electron chi connectivity index (χ1n) is 1.86. The molecule has 0 aromatic rings. The number of hydrogen-bond donors (Lipinski definition) is 2. The molecule has 0 saturated carbocycles. The minimum atomic E-state index is 1.29. The van der Waals surface area contributed by atoms with Crippen molar-refractivity contribution >= 4 is 12.6 Å². The Hall–Kier alpha value is -1.06. The van der Waals surface area contributed by atoms with Crippen LogP contribution in [0.15, 0.2) is 10.2 Å². The van der Waals surface area contributed by atoms with Gasteiger partial charge < -0.3 is 5.84 Å². The molecule has 0 amide bonds. The zero-order valence-corrected chi connectivity index (χ0v) is 4.13. The van der Waals surface area contributed by atoms with E-state index in [1.807, 2.05) is 0 Å². The van der Waals surface area contributed by atoms with Gasteiger partial charge in [-0.05, 0) is 6.92 Å². The second kappa shape index (κ2) is 4.94. The number of hydrogen-bond acceptors (Lipinski definition) is 3. The first kappa shape index (κ1) is 5.94. The van der Waals surface area contributed by atoms with Crippen LogP contribution in [0.4, 0.5) is 0 Å². The quantitative estimate of drug-likeness (QED) is 0.212. The van der Waals surface area contributed by atoms with Gasteiger partial charge in [0.1, 0.15) is 6.34 Å². The van der Waals surface area contributed by atoms with Crippen LogP contribution in [-0.2, 0) is 0 Å². The maximum absolute atomic E-state index is 4.70. The smallest absolute Gasteiger partial charge is 0.128 e. The van der Waals surface area contributed by atoms with E-state index in [2.05, 4.69) is 15.6 Å². The van der Waals surface area contributed by atoms with Crippen LogP contribution in [0, 0.1) is 0 Å². The normalized spacial score (nSPS) is 11.0. The number of rotatable bonds is 2. The van der Waals surface area contributed by atoms with Gasteiger partial charge in [0.15, 0.2) is 0 Å². The van der Waals surface area contributed by atoms with E-state index in [1.54, 1.807) is 13.1 Å². The molecule has 0 fully saturated rings. The van der Waals surface area contributed by atoms with Crippen LogP contribution < -0.4 is 11.3 Å². The van der Waals surface area contributed by atoms with Crippen LogP contribution in [0.25, 0.3) is 0 Å². The Bertz CT molecular complexity index is 65.0. The van der Waals surface area contributed by atoms with Crippen molar-refractivity contribution < 1.29 is 0 Å². The van der Waals surface area contributed by atoms with Gasteiger partial charge in [-0.15, -0.1) is 0 Å². The lowest BCUT2D eigenvalue weighted by molar-refractivity contribution is 1.04. The predicted molar refractivity (Wildman–Crippen MR) is 30.0 cm³/mol. The number of nitrogens with two attached hydrogens (primary N) is 1. The molecule has 0 aromatic heterocycles. The largest absolute Gasteiger partial charge is 0.322 e. The van der Waals surface area contributed by atoms with Crippen LogP contribution >= 0.6 is 0 Å². The molecule has 0 rings (SSSR count). The van der Waals surface area contributed by atoms with E-state index in [1.165, 1.54) is 6.34 Å². The summed E-state index contributed by atoms with van der Waals surface area (Å²) in [5.74, 6) is 4.70. The summed E-state index contributed by atoms with van der Waals surface area (Å²) < 4.78 is 0. The highest BCUT2D eigenvalue weighted by atomic mass is 15.3. The number of nitrogens with one attached hydrogen (secondary N) is 1. The van der Waals surface area contributed by atoms with Crippen LogP contribution in [0.2, 0.25) is 0 Å². The summed E-state index contributed by atoms with van der Waals surface area (Å²) in [5.41, 5.74) is 2.44. The Kier molecular flexibility index (Phi) is 4.19. The Balaban J connectivity index is 2.98. The molecule has 0 radical (unpaired) electrons. The molecular formula is C3H8N4. The zero-order chi connectivity index (χ0) is 5.54. The lowest BCUT2D eigenvalue weighted by Gasteiger charge is -1.80. The standard InChI is InChI=1S/C3H8N4/c1-2-6-7-3-5-4/h2-3H,4H2,1H3,(H,5,7)/b6-2-. The van der Waals surface area contributed by atoms with Gasteiger partial charge in [-0.25, -0.2) is 0 Å². The molecule has 0 aromatic carbocycles. The second-order valence-corrected chi connectivity index (χ2v) is 0.795. The molecule has 0 heterocycles. The van der Waals surface area contributed by atoms with Crippen molar-refractivity contribution in [2.24, 2.45) is 16.0 Å². The van der Waals surface area contributed by atoms with E-state index in [-0.39, 0.29) is 0 Å². The van der Waals surface area contributed by atoms with Gasteiger partial charge in [-0.1, -0.05) is 0 Å². The predicted octanol–water partition coefficient (Wildman–Crippen LogP) is -0.516. The van der Waals surface area contributed by atoms with Crippen LogP contribution in [0.3, 0.4) is 0 Å². The fraction of sp³-hybridized carbons (Fsp3) is 0.333. The van der Waals surface area contributed by atoms with Crippen molar-refractivity contribution in [3.8, 4) is 0 Å². The summed E-state index contributed by atoms with van der Waals surface area (Å²) in [6.07, 6.45) is 2.89. The van der Waals surface area contributed by atoms with Crippen molar-refractivity contribution in [3.05, 3.63) is 0 Å². The van der Waals surface area contributed by atoms with Gasteiger partial charge in [0.25, 0.3) is 0 Å². The highest BCUT2D eigenvalue weighted by Gasteiger charge is 1.56. The number of nitrogens with zero attached hydrogens (tertiary/aromatic N) is 2. The van der Waals surface area contributed by atoms with Gasteiger partial charge in [0.2, 0.25) is 0 Å². The Morgan fingerprint density at radius 1 is 1.71 bits per heavy atom. The minimum Gasteiger partial charge on any atom is -0.322 e. The van der Waals surface area contributed by atoms with Crippen LogP contribution in [0.5, 0.6) is 0 Å². The van der Waals surface area contributed by atoms with Gasteiger partial charge in [-0.2, -0.15) is 10.2 Å². The summed E-state index contributed by atoms with van der Waals surface area (Å²) in [4.78, 5) is 0. The van der Waals surface area contributed by atoms with E-state index in [9.17, 15) is 0 Å². The van der Waals surface area contributed by atoms with Crippen molar-refractivity contribution in [2.75, 3.05) is 0 Å². The molecule has 4 nitrogen and oxygen atoms in total. The lowest BCUT2D eigenvalue weighted by Crippen LogP contribution is -2.02. The summed E-state index contributed by atoms with van der Waals surface area (Å²) >= 11 is 0. The molecule has 0 aliphatic heterocycles. The van der Waals surface area contributed by atoms with E-state index >= 15 is 0 Å². The first-order valence-corrected chi connectivity index (χ1v) is 1.86. The molecule has 0 spiro atoms. The molecule has 0 bridgehead atoms. The minimum absolute atomic E-state index is 1.29. The summed E-state index contributed by atoms with van der Waals surface area (Å²) in [6.45, 7) is 1.79. The van der Waals surface area contributed by atoms with E-state index in [0.29, 0.717) is 0 Å². The molecule has 3 N–H and O–H groups in total. The summed E-state index contributed by atoms with van der Waals surface area (Å²) in [5, 5.41) is 6.68. The maximum atomic E-state index is 4.70. The average Bonchev–Trinajstić information content (AvgIpc) is 1.69. The van der Waals surface area contributed by atoms with Crippen LogP contribution in [-0.4, -0.2) is 12.6 Å². The fourth-order valence-corrected chi connectivity index (χ4v) is 0.141. The van der Waals surface area contributed by atoms with E-state index in [4.69, 9.17) is 5.84 Å². The van der Waals surface area contributed by atoms with Crippen molar-refractivity contribution in [2.45, 2.75) is 6.92 Å². The van der Waals surface area contributed by atoms with Crippen molar-refractivity contribution in [3.63, 3.8) is 0 Å². The topological polar surface area (TPSA) is 62.8 Å². The molecule has 0 saturated heterocycles. The lowest BCUT2D eigenvalue weighted by atomic mass is 10.9. The molecule has 0 aliphatic carbocycles. The molecule has 0 atom stereocenters. The third-order valence-corrected chi connectivity index (χ3v) is 0.336. The van der Waals surface area contributed by atoms with Gasteiger partial charge >= 0.3 is 0 Å². The Morgan fingerprint density at radius 3 is 2.86 bits per heavy atom. The highest BCUT2D eigenvalue weighted by molar-refractivity contribution is 5.58. The SMILES string of the molecule is C/C=N\NC=NN. The summed E-state index contributed by atoms with van der Waals surface area (Å²) in [6, 6.07) is 0. The van der Waals surface area contributed by atoms with Gasteiger partial charge in [-0.3, -0.25) is 5.43 Å². The molecular weight excluding hydrogens is 92.1 g/mol. The van der Waals surface area contributed by atoms with E-state index in [0.717, 1.165) is 0 Å². The van der Waals surface area contributed by atoms with Crippen LogP contribution in [0.1, 0.15) is 6.92 Å². The molecule has 4 heteroatoms. The monoisotopic (exact) mass is 100 g/mol. The van der Waals surface area contributed by atoms with Crippen molar-refractivity contribution in [1.82, 2.24) is 5.43 Å². The Labute approximate surface area is 42.1 Å². The summed E-state index contributed by atoms with van der Waals surface area (Å²) in [7, 11) is 0. The average molecular weight is 100 g/mol. The Morgan fingerprint density at radius 2 is 2.43 bits per heavy atom. The van der Waals surface area contributed by atoms with Gasteiger partial charge in [0.05, 0.1) is 0 Å². The third-order valence-electron chi connectivity index (χ3n) is 0.336. The molecule has 0 unspecified atom stereocenters. The molecule has 0 aliphatic rings. The molecule has 40 valence electrons. The zero-order valence-electron chi connectivity index (χ0n) is 4.13. The van der Waals surface area contributed by atoms with E-state index < -0.39 is 0 Å². The fourth-order valence-electron chi connectivity index (χ4n) is 0.141. The number of hydrazone groups is 2. The second-order valence-electron chi connectivity index (χ2n) is 0.795. The van der Waals surface area contributed by atoms with Crippen molar-refractivity contribution in [1.29, 1.82) is 0 Å². The third kappa shape index (κ3) is 4.94. The highest BCUT2D eigenvalue weighted by Crippen LogP contribution is 1.46.